The molecule has 0 saturated carbocycles. The number of rotatable bonds is 4. The van der Waals surface area contributed by atoms with Crippen LogP contribution in [0.4, 0.5) is 4.39 Å². The van der Waals surface area contributed by atoms with Crippen molar-refractivity contribution in [2.24, 2.45) is 0 Å². The summed E-state index contributed by atoms with van der Waals surface area (Å²) in [4.78, 5) is 13.4. The number of benzene rings is 1. The van der Waals surface area contributed by atoms with E-state index in [1.165, 1.54) is 35.4 Å². The lowest BCUT2D eigenvalue weighted by molar-refractivity contribution is -0.128. The number of likely N-dealkylation sites (tertiary alicyclic amines) is 1. The Morgan fingerprint density at radius 3 is 2.52 bits per heavy atom. The fourth-order valence-electron chi connectivity index (χ4n) is 2.28. The summed E-state index contributed by atoms with van der Waals surface area (Å²) in [7, 11) is -3.55. The van der Waals surface area contributed by atoms with Gasteiger partial charge in [0.15, 0.2) is 9.84 Å². The largest absolute Gasteiger partial charge is 0.465 e. The zero-order valence-electron chi connectivity index (χ0n) is 12.1. The maximum absolute atomic E-state index is 12.9. The molecule has 5 nitrogen and oxygen atoms in total. The average molecular weight is 335 g/mol. The molecule has 2 aromatic rings. The predicted molar refractivity (Wildman–Crippen MR) is 81.7 cm³/mol. The van der Waals surface area contributed by atoms with E-state index in [1.807, 2.05) is 0 Å². The van der Waals surface area contributed by atoms with E-state index in [0.717, 1.165) is 12.1 Å². The van der Waals surface area contributed by atoms with Gasteiger partial charge in [0.25, 0.3) is 0 Å². The molecule has 0 spiro atoms. The van der Waals surface area contributed by atoms with Gasteiger partial charge in [0, 0.05) is 19.2 Å². The molecule has 0 atom stereocenters. The third kappa shape index (κ3) is 3.19. The van der Waals surface area contributed by atoms with Gasteiger partial charge in [-0.05, 0) is 42.5 Å². The minimum Gasteiger partial charge on any atom is -0.465 e. The van der Waals surface area contributed by atoms with Crippen molar-refractivity contribution in [3.8, 4) is 0 Å². The first-order chi connectivity index (χ1) is 11.0. The summed E-state index contributed by atoms with van der Waals surface area (Å²) in [6.45, 7) is 0.252. The molecule has 0 bridgehead atoms. The van der Waals surface area contributed by atoms with E-state index in [1.54, 1.807) is 12.1 Å². The Morgan fingerprint density at radius 1 is 1.22 bits per heavy atom. The smallest absolute Gasteiger partial charge is 0.246 e. The molecule has 1 fully saturated rings. The van der Waals surface area contributed by atoms with Crippen LogP contribution < -0.4 is 0 Å². The summed E-state index contributed by atoms with van der Waals surface area (Å²) in [6, 6.07) is 8.12. The van der Waals surface area contributed by atoms with E-state index in [4.69, 9.17) is 4.42 Å². The Bertz CT molecular complexity index is 819. The zero-order chi connectivity index (χ0) is 16.4. The first kappa shape index (κ1) is 15.5. The summed E-state index contributed by atoms with van der Waals surface area (Å²) in [6.07, 6.45) is 4.38. The fourth-order valence-corrected chi connectivity index (χ4v) is 3.93. The number of furan rings is 1. The van der Waals surface area contributed by atoms with Gasteiger partial charge < -0.3 is 9.32 Å². The molecule has 1 aromatic heterocycles. The van der Waals surface area contributed by atoms with Crippen molar-refractivity contribution in [1.82, 2.24) is 4.90 Å². The van der Waals surface area contributed by atoms with Crippen molar-refractivity contribution in [2.45, 2.75) is 10.1 Å². The minimum atomic E-state index is -3.55. The van der Waals surface area contributed by atoms with Crippen LogP contribution in [0.25, 0.3) is 6.08 Å². The SMILES string of the molecule is O=C(C=Cc1ccco1)N1CC(S(=O)(=O)c2ccc(F)cc2)C1. The minimum absolute atomic E-state index is 0.0714. The molecule has 0 N–H and O–H groups in total. The number of hydrogen-bond donors (Lipinski definition) is 0. The molecule has 7 heteroatoms. The Morgan fingerprint density at radius 2 is 1.91 bits per heavy atom. The lowest BCUT2D eigenvalue weighted by Crippen LogP contribution is -2.56. The maximum atomic E-state index is 12.9. The lowest BCUT2D eigenvalue weighted by atomic mass is 10.2. The Kier molecular flexibility index (Phi) is 4.04. The van der Waals surface area contributed by atoms with E-state index in [-0.39, 0.29) is 23.9 Å². The normalized spacial score (nSPS) is 15.8. The van der Waals surface area contributed by atoms with Gasteiger partial charge in [-0.25, -0.2) is 12.8 Å². The first-order valence-corrected chi connectivity index (χ1v) is 8.51. The molecule has 2 heterocycles. The number of carbonyl (C=O) groups excluding carboxylic acids is 1. The van der Waals surface area contributed by atoms with Gasteiger partial charge in [-0.1, -0.05) is 0 Å². The van der Waals surface area contributed by atoms with Crippen LogP contribution in [0.15, 0.2) is 58.1 Å². The van der Waals surface area contributed by atoms with Gasteiger partial charge in [-0.2, -0.15) is 0 Å². The van der Waals surface area contributed by atoms with Gasteiger partial charge in [0.1, 0.15) is 16.8 Å². The summed E-state index contributed by atoms with van der Waals surface area (Å²) in [5, 5.41) is -0.658. The van der Waals surface area contributed by atoms with Gasteiger partial charge in [0.05, 0.1) is 11.2 Å². The molecule has 1 aromatic carbocycles. The third-order valence-corrected chi connectivity index (χ3v) is 5.78. The van der Waals surface area contributed by atoms with Gasteiger partial charge in [-0.15, -0.1) is 0 Å². The highest BCUT2D eigenvalue weighted by Crippen LogP contribution is 2.24. The van der Waals surface area contributed by atoms with E-state index in [2.05, 4.69) is 0 Å². The number of sulfone groups is 1. The molecule has 0 unspecified atom stereocenters. The van der Waals surface area contributed by atoms with E-state index in [0.29, 0.717) is 5.76 Å². The highest BCUT2D eigenvalue weighted by Gasteiger charge is 2.39. The Labute approximate surface area is 132 Å². The molecule has 1 aliphatic rings. The summed E-state index contributed by atoms with van der Waals surface area (Å²) >= 11 is 0. The number of halogens is 1. The second-order valence-corrected chi connectivity index (χ2v) is 7.44. The van der Waals surface area contributed by atoms with Crippen molar-refractivity contribution in [2.75, 3.05) is 13.1 Å². The third-order valence-electron chi connectivity index (χ3n) is 3.67. The van der Waals surface area contributed by atoms with Crippen molar-refractivity contribution in [1.29, 1.82) is 0 Å². The molecule has 3 rings (SSSR count). The van der Waals surface area contributed by atoms with E-state index < -0.39 is 20.9 Å². The summed E-state index contributed by atoms with van der Waals surface area (Å²) in [5.41, 5.74) is 0. The maximum Gasteiger partial charge on any atom is 0.246 e. The highest BCUT2D eigenvalue weighted by molar-refractivity contribution is 7.92. The summed E-state index contributed by atoms with van der Waals surface area (Å²) in [5.74, 6) is -0.209. The fraction of sp³-hybridized carbons (Fsp3) is 0.188. The van der Waals surface area contributed by atoms with Crippen LogP contribution in [-0.4, -0.2) is 37.6 Å². The number of nitrogens with zero attached hydrogens (tertiary/aromatic N) is 1. The number of amides is 1. The van der Waals surface area contributed by atoms with Crippen LogP contribution in [-0.2, 0) is 14.6 Å². The second kappa shape index (κ2) is 6.00. The molecular weight excluding hydrogens is 321 g/mol. The van der Waals surface area contributed by atoms with Gasteiger partial charge >= 0.3 is 0 Å². The highest BCUT2D eigenvalue weighted by atomic mass is 32.2. The molecule has 1 amide bonds. The monoisotopic (exact) mass is 335 g/mol. The van der Waals surface area contributed by atoms with E-state index in [9.17, 15) is 17.6 Å². The van der Waals surface area contributed by atoms with Crippen molar-refractivity contribution in [3.63, 3.8) is 0 Å². The molecule has 1 saturated heterocycles. The van der Waals surface area contributed by atoms with Crippen molar-refractivity contribution >= 4 is 21.8 Å². The van der Waals surface area contributed by atoms with Gasteiger partial charge in [-0.3, -0.25) is 4.79 Å². The van der Waals surface area contributed by atoms with Crippen molar-refractivity contribution < 1.29 is 22.0 Å². The Balaban J connectivity index is 1.62. The van der Waals surface area contributed by atoms with E-state index >= 15 is 0 Å². The van der Waals surface area contributed by atoms with Crippen LogP contribution >= 0.6 is 0 Å². The van der Waals surface area contributed by atoms with Gasteiger partial charge in [0.2, 0.25) is 5.91 Å². The number of carbonyl (C=O) groups is 1. The van der Waals surface area contributed by atoms with Crippen molar-refractivity contribution in [3.05, 3.63) is 60.3 Å². The van der Waals surface area contributed by atoms with Crippen LogP contribution in [0.2, 0.25) is 0 Å². The Hall–Kier alpha value is -2.41. The average Bonchev–Trinajstić information content (AvgIpc) is 2.97. The summed E-state index contributed by atoms with van der Waals surface area (Å²) < 4.78 is 42.6. The van der Waals surface area contributed by atoms with Crippen LogP contribution in [0.5, 0.6) is 0 Å². The zero-order valence-corrected chi connectivity index (χ0v) is 12.9. The molecule has 1 aliphatic heterocycles. The molecule has 0 radical (unpaired) electrons. The van der Waals surface area contributed by atoms with Crippen LogP contribution in [0, 0.1) is 5.82 Å². The second-order valence-electron chi connectivity index (χ2n) is 5.21. The molecule has 23 heavy (non-hydrogen) atoms. The standard InChI is InChI=1S/C16H14FNO4S/c17-12-3-6-14(7-4-12)23(20,21)15-10-18(11-15)16(19)8-5-13-2-1-9-22-13/h1-9,15H,10-11H2. The molecule has 0 aliphatic carbocycles. The topological polar surface area (TPSA) is 67.6 Å². The number of hydrogen-bond acceptors (Lipinski definition) is 4. The molecule has 120 valence electrons. The lowest BCUT2D eigenvalue weighted by Gasteiger charge is -2.37. The predicted octanol–water partition coefficient (Wildman–Crippen LogP) is 2.12. The first-order valence-electron chi connectivity index (χ1n) is 6.97. The van der Waals surface area contributed by atoms with Crippen LogP contribution in [0.1, 0.15) is 5.76 Å². The quantitative estimate of drug-likeness (QED) is 0.634. The molecular formula is C16H14FNO4S. The van der Waals surface area contributed by atoms with Crippen LogP contribution in [0.3, 0.4) is 0 Å².